The molecule has 0 amide bonds. The van der Waals surface area contributed by atoms with E-state index >= 15 is 0 Å². The van der Waals surface area contributed by atoms with Crippen molar-refractivity contribution in [2.24, 2.45) is 5.73 Å². The molecular formula is C15H23ClN2O2. The van der Waals surface area contributed by atoms with E-state index in [1.54, 1.807) is 0 Å². The highest BCUT2D eigenvalue weighted by atomic mass is 35.5. The maximum Gasteiger partial charge on any atom is 0.0701 e. The largest absolute Gasteiger partial charge is 0.394 e. The smallest absolute Gasteiger partial charge is 0.0701 e. The number of halogens is 1. The van der Waals surface area contributed by atoms with Gasteiger partial charge in [-0.15, -0.1) is 0 Å². The van der Waals surface area contributed by atoms with Gasteiger partial charge in [0.2, 0.25) is 0 Å². The van der Waals surface area contributed by atoms with Crippen LogP contribution in [-0.2, 0) is 4.74 Å². The molecule has 20 heavy (non-hydrogen) atoms. The van der Waals surface area contributed by atoms with Crippen molar-refractivity contribution in [3.8, 4) is 0 Å². The van der Waals surface area contributed by atoms with Crippen LogP contribution in [0.5, 0.6) is 0 Å². The van der Waals surface area contributed by atoms with E-state index < -0.39 is 0 Å². The van der Waals surface area contributed by atoms with Gasteiger partial charge in [-0.1, -0.05) is 29.8 Å². The predicted octanol–water partition coefficient (Wildman–Crippen LogP) is 1.81. The van der Waals surface area contributed by atoms with Gasteiger partial charge in [-0.25, -0.2) is 0 Å². The van der Waals surface area contributed by atoms with Gasteiger partial charge in [-0.05, 0) is 24.5 Å². The lowest BCUT2D eigenvalue weighted by atomic mass is 10.0. The maximum absolute atomic E-state index is 8.79. The van der Waals surface area contributed by atoms with Gasteiger partial charge in [0.25, 0.3) is 0 Å². The minimum absolute atomic E-state index is 0.0886. The first-order valence-corrected chi connectivity index (χ1v) is 7.55. The normalized spacial score (nSPS) is 19.1. The summed E-state index contributed by atoms with van der Waals surface area (Å²) >= 11 is 6.28. The van der Waals surface area contributed by atoms with Crippen molar-refractivity contribution in [1.82, 2.24) is 4.90 Å². The van der Waals surface area contributed by atoms with Crippen molar-refractivity contribution in [3.05, 3.63) is 34.9 Å². The number of hydrogen-bond acceptors (Lipinski definition) is 4. The Balaban J connectivity index is 1.95. The number of aliphatic hydroxyl groups excluding tert-OH is 1. The van der Waals surface area contributed by atoms with Crippen LogP contribution in [-0.4, -0.2) is 49.0 Å². The molecule has 4 nitrogen and oxygen atoms in total. The second-order valence-electron chi connectivity index (χ2n) is 5.10. The van der Waals surface area contributed by atoms with Gasteiger partial charge >= 0.3 is 0 Å². The third-order valence-electron chi connectivity index (χ3n) is 3.85. The number of nitrogens with two attached hydrogens (primary N) is 1. The Morgan fingerprint density at radius 3 is 2.65 bits per heavy atom. The minimum Gasteiger partial charge on any atom is -0.394 e. The molecule has 1 saturated heterocycles. The highest BCUT2D eigenvalue weighted by Gasteiger charge is 2.26. The lowest BCUT2D eigenvalue weighted by Gasteiger charge is -2.37. The fraction of sp³-hybridized carbons (Fsp3) is 0.600. The number of piperidine rings is 1. The summed E-state index contributed by atoms with van der Waals surface area (Å²) in [5.41, 5.74) is 7.06. The van der Waals surface area contributed by atoms with Crippen molar-refractivity contribution in [2.75, 3.05) is 32.8 Å². The van der Waals surface area contributed by atoms with E-state index in [1.165, 1.54) is 0 Å². The first-order chi connectivity index (χ1) is 9.76. The van der Waals surface area contributed by atoms with E-state index in [1.807, 2.05) is 24.3 Å². The Kier molecular flexibility index (Phi) is 6.26. The lowest BCUT2D eigenvalue weighted by Crippen LogP contribution is -2.42. The van der Waals surface area contributed by atoms with Gasteiger partial charge < -0.3 is 15.6 Å². The van der Waals surface area contributed by atoms with Crippen molar-refractivity contribution in [1.29, 1.82) is 0 Å². The fourth-order valence-corrected chi connectivity index (χ4v) is 3.05. The molecule has 112 valence electrons. The lowest BCUT2D eigenvalue weighted by molar-refractivity contribution is -0.0148. The molecule has 1 atom stereocenters. The highest BCUT2D eigenvalue weighted by molar-refractivity contribution is 6.31. The van der Waals surface area contributed by atoms with Gasteiger partial charge in [0.05, 0.1) is 19.3 Å². The molecule has 0 saturated carbocycles. The molecule has 0 radical (unpaired) electrons. The summed E-state index contributed by atoms with van der Waals surface area (Å²) in [5, 5.41) is 9.57. The van der Waals surface area contributed by atoms with Gasteiger partial charge in [-0.3, -0.25) is 4.90 Å². The van der Waals surface area contributed by atoms with Crippen LogP contribution in [0.1, 0.15) is 24.4 Å². The molecule has 0 aromatic heterocycles. The molecule has 1 aromatic rings. The maximum atomic E-state index is 8.79. The van der Waals surface area contributed by atoms with E-state index in [0.29, 0.717) is 13.2 Å². The summed E-state index contributed by atoms with van der Waals surface area (Å²) in [7, 11) is 0. The Labute approximate surface area is 125 Å². The molecule has 1 aliphatic heterocycles. The van der Waals surface area contributed by atoms with Gasteiger partial charge in [0.15, 0.2) is 0 Å². The monoisotopic (exact) mass is 298 g/mol. The van der Waals surface area contributed by atoms with Crippen LogP contribution < -0.4 is 5.73 Å². The van der Waals surface area contributed by atoms with E-state index in [9.17, 15) is 0 Å². The van der Waals surface area contributed by atoms with E-state index in [4.69, 9.17) is 27.2 Å². The number of rotatable bonds is 6. The fourth-order valence-electron chi connectivity index (χ4n) is 2.79. The third kappa shape index (κ3) is 3.93. The van der Waals surface area contributed by atoms with Crippen molar-refractivity contribution < 1.29 is 9.84 Å². The minimum atomic E-state index is 0.0886. The molecule has 2 rings (SSSR count). The summed E-state index contributed by atoms with van der Waals surface area (Å²) in [6.45, 7) is 2.97. The van der Waals surface area contributed by atoms with Crippen LogP contribution in [0, 0.1) is 0 Å². The number of hydrogen-bond donors (Lipinski definition) is 2. The standard InChI is InChI=1S/C15H23ClN2O2/c16-14-4-2-1-3-13(14)15(11-17)18-7-5-12(6-8-18)20-10-9-19/h1-4,12,15,19H,5-11,17H2. The Morgan fingerprint density at radius 1 is 1.35 bits per heavy atom. The highest BCUT2D eigenvalue weighted by Crippen LogP contribution is 2.29. The predicted molar refractivity (Wildman–Crippen MR) is 80.9 cm³/mol. The molecule has 0 spiro atoms. The van der Waals surface area contributed by atoms with Crippen LogP contribution in [0.3, 0.4) is 0 Å². The molecule has 1 fully saturated rings. The molecule has 1 aromatic carbocycles. The number of ether oxygens (including phenoxy) is 1. The molecule has 0 bridgehead atoms. The van der Waals surface area contributed by atoms with E-state index in [-0.39, 0.29) is 18.8 Å². The summed E-state index contributed by atoms with van der Waals surface area (Å²) in [4.78, 5) is 2.38. The summed E-state index contributed by atoms with van der Waals surface area (Å²) in [5.74, 6) is 0. The van der Waals surface area contributed by atoms with Crippen molar-refractivity contribution in [2.45, 2.75) is 25.0 Å². The summed E-state index contributed by atoms with van der Waals surface area (Å²) in [6, 6.07) is 8.07. The molecule has 0 aliphatic carbocycles. The van der Waals surface area contributed by atoms with Crippen LogP contribution in [0.25, 0.3) is 0 Å². The Morgan fingerprint density at radius 2 is 2.05 bits per heavy atom. The zero-order valence-electron chi connectivity index (χ0n) is 11.7. The second-order valence-corrected chi connectivity index (χ2v) is 5.51. The Bertz CT molecular complexity index is 409. The Hall–Kier alpha value is -0.650. The van der Waals surface area contributed by atoms with E-state index in [0.717, 1.165) is 36.5 Å². The molecular weight excluding hydrogens is 276 g/mol. The zero-order valence-corrected chi connectivity index (χ0v) is 12.4. The number of nitrogens with zero attached hydrogens (tertiary/aromatic N) is 1. The molecule has 3 N–H and O–H groups in total. The third-order valence-corrected chi connectivity index (χ3v) is 4.19. The second kappa shape index (κ2) is 7.96. The first-order valence-electron chi connectivity index (χ1n) is 7.17. The van der Waals surface area contributed by atoms with Crippen molar-refractivity contribution >= 4 is 11.6 Å². The molecule has 1 heterocycles. The number of likely N-dealkylation sites (tertiary alicyclic amines) is 1. The van der Waals surface area contributed by atoms with Crippen LogP contribution in [0.15, 0.2) is 24.3 Å². The topological polar surface area (TPSA) is 58.7 Å². The van der Waals surface area contributed by atoms with Crippen molar-refractivity contribution in [3.63, 3.8) is 0 Å². The SMILES string of the molecule is NCC(c1ccccc1Cl)N1CCC(OCCO)CC1. The van der Waals surface area contributed by atoms with Gasteiger partial charge in [0, 0.05) is 30.7 Å². The molecule has 1 aliphatic rings. The molecule has 1 unspecified atom stereocenters. The average molecular weight is 299 g/mol. The van der Waals surface area contributed by atoms with Crippen LogP contribution in [0.4, 0.5) is 0 Å². The van der Waals surface area contributed by atoms with E-state index in [2.05, 4.69) is 4.90 Å². The average Bonchev–Trinajstić information content (AvgIpc) is 2.49. The van der Waals surface area contributed by atoms with Gasteiger partial charge in [0.1, 0.15) is 0 Å². The first kappa shape index (κ1) is 15.7. The van der Waals surface area contributed by atoms with Gasteiger partial charge in [-0.2, -0.15) is 0 Å². The van der Waals surface area contributed by atoms with Crippen LogP contribution >= 0.6 is 11.6 Å². The summed E-state index contributed by atoms with van der Waals surface area (Å²) < 4.78 is 5.59. The molecule has 5 heteroatoms. The summed E-state index contributed by atoms with van der Waals surface area (Å²) in [6.07, 6.45) is 2.20. The number of aliphatic hydroxyl groups is 1. The number of benzene rings is 1. The zero-order chi connectivity index (χ0) is 14.4. The quantitative estimate of drug-likeness (QED) is 0.841. The van der Waals surface area contributed by atoms with Crippen LogP contribution in [0.2, 0.25) is 5.02 Å².